The summed E-state index contributed by atoms with van der Waals surface area (Å²) in [6, 6.07) is 52.2. The fraction of sp³-hybridized carbons (Fsp3) is 0.0244. The number of nitrogens with one attached hydrogen (secondary N) is 2. The number of allylic oxidation sites excluding steroid dienone is 2. The first-order valence-electron chi connectivity index (χ1n) is 15.2. The Hall–Kier alpha value is -5.80. The number of hydrogen-bond acceptors (Lipinski definition) is 1. The molecule has 1 unspecified atom stereocenters. The van der Waals surface area contributed by atoms with Crippen molar-refractivity contribution >= 4 is 54.9 Å². The Bertz CT molecular complexity index is 2410. The van der Waals surface area contributed by atoms with Gasteiger partial charge >= 0.3 is 0 Å². The van der Waals surface area contributed by atoms with Crippen LogP contribution in [0.5, 0.6) is 0 Å². The Morgan fingerprint density at radius 3 is 2.14 bits per heavy atom. The predicted molar refractivity (Wildman–Crippen MR) is 185 cm³/mol. The zero-order valence-corrected chi connectivity index (χ0v) is 24.0. The van der Waals surface area contributed by atoms with Crippen molar-refractivity contribution in [1.82, 2.24) is 14.9 Å². The number of rotatable bonds is 4. The third-order valence-electron chi connectivity index (χ3n) is 8.95. The maximum absolute atomic E-state index is 3.78. The number of nitrogens with zero attached hydrogens (tertiary/aromatic N) is 1. The van der Waals surface area contributed by atoms with Gasteiger partial charge in [0.1, 0.15) is 0 Å². The number of para-hydroxylation sites is 2. The highest BCUT2D eigenvalue weighted by Crippen LogP contribution is 2.39. The van der Waals surface area contributed by atoms with Gasteiger partial charge in [-0.3, -0.25) is 0 Å². The van der Waals surface area contributed by atoms with E-state index in [4.69, 9.17) is 0 Å². The molecule has 0 bridgehead atoms. The van der Waals surface area contributed by atoms with Crippen molar-refractivity contribution in [3.05, 3.63) is 174 Å². The van der Waals surface area contributed by atoms with E-state index in [0.29, 0.717) is 0 Å². The Kier molecular flexibility index (Phi) is 5.57. The van der Waals surface area contributed by atoms with Crippen LogP contribution < -0.4 is 5.32 Å². The fourth-order valence-electron chi connectivity index (χ4n) is 6.92. The van der Waals surface area contributed by atoms with Crippen LogP contribution >= 0.6 is 0 Å². The molecule has 2 N–H and O–H groups in total. The minimum absolute atomic E-state index is 0.0681. The molecule has 1 atom stereocenters. The molecule has 0 aliphatic carbocycles. The van der Waals surface area contributed by atoms with Gasteiger partial charge in [0, 0.05) is 38.4 Å². The predicted octanol–water partition coefficient (Wildman–Crippen LogP) is 10.2. The number of dihydropyridines is 1. The van der Waals surface area contributed by atoms with E-state index in [9.17, 15) is 0 Å². The normalized spacial score (nSPS) is 15.0. The maximum Gasteiger partial charge on any atom is 0.0707 e. The molecule has 8 aromatic rings. The molecule has 0 fully saturated rings. The first kappa shape index (κ1) is 24.8. The summed E-state index contributed by atoms with van der Waals surface area (Å²) in [5, 5.41) is 8.81. The van der Waals surface area contributed by atoms with Gasteiger partial charge in [0.05, 0.1) is 22.6 Å². The topological polar surface area (TPSA) is 32.8 Å². The van der Waals surface area contributed by atoms with Crippen molar-refractivity contribution < 1.29 is 0 Å². The van der Waals surface area contributed by atoms with Crippen molar-refractivity contribution in [2.75, 3.05) is 0 Å². The molecule has 0 saturated carbocycles. The molecular weight excluding hydrogens is 534 g/mol. The van der Waals surface area contributed by atoms with Gasteiger partial charge in [-0.15, -0.1) is 0 Å². The molecule has 1 aliphatic heterocycles. The number of aromatic nitrogens is 2. The molecule has 6 aromatic carbocycles. The van der Waals surface area contributed by atoms with Gasteiger partial charge in [0.25, 0.3) is 0 Å². The van der Waals surface area contributed by atoms with E-state index in [-0.39, 0.29) is 6.04 Å². The van der Waals surface area contributed by atoms with Gasteiger partial charge in [-0.25, -0.2) is 0 Å². The van der Waals surface area contributed by atoms with Crippen LogP contribution in [0.3, 0.4) is 0 Å². The SMILES string of the molecule is C1=C(c2cccc(-n3c4ccccc4c4c5[nH]c6ccccc6c5ccc43)c2)C=C(c2ccccc2)NC1c1ccccc1. The lowest BCUT2D eigenvalue weighted by molar-refractivity contribution is 0.767. The summed E-state index contributed by atoms with van der Waals surface area (Å²) in [7, 11) is 0. The molecule has 44 heavy (non-hydrogen) atoms. The Morgan fingerprint density at radius 2 is 1.27 bits per heavy atom. The number of H-pyrrole nitrogens is 1. The lowest BCUT2D eigenvalue weighted by Crippen LogP contribution is -2.21. The summed E-state index contributed by atoms with van der Waals surface area (Å²) in [5.74, 6) is 0. The molecule has 0 radical (unpaired) electrons. The molecule has 9 rings (SSSR count). The third kappa shape index (κ3) is 3.90. The second-order valence-electron chi connectivity index (χ2n) is 11.5. The van der Waals surface area contributed by atoms with Gasteiger partial charge in [-0.05, 0) is 64.7 Å². The van der Waals surface area contributed by atoms with Gasteiger partial charge in [-0.2, -0.15) is 0 Å². The van der Waals surface area contributed by atoms with E-state index in [1.807, 2.05) is 0 Å². The highest BCUT2D eigenvalue weighted by atomic mass is 15.0. The average Bonchev–Trinajstić information content (AvgIpc) is 3.65. The summed E-state index contributed by atoms with van der Waals surface area (Å²) >= 11 is 0. The van der Waals surface area contributed by atoms with Crippen molar-refractivity contribution in [2.24, 2.45) is 0 Å². The lowest BCUT2D eigenvalue weighted by Gasteiger charge is -2.26. The van der Waals surface area contributed by atoms with E-state index in [1.54, 1.807) is 0 Å². The van der Waals surface area contributed by atoms with Gasteiger partial charge in [-0.1, -0.05) is 115 Å². The second-order valence-corrected chi connectivity index (χ2v) is 11.5. The third-order valence-corrected chi connectivity index (χ3v) is 8.95. The van der Waals surface area contributed by atoms with Gasteiger partial charge in [0.15, 0.2) is 0 Å². The summed E-state index contributed by atoms with van der Waals surface area (Å²) in [4.78, 5) is 3.74. The smallest absolute Gasteiger partial charge is 0.0707 e. The lowest BCUT2D eigenvalue weighted by atomic mass is 9.93. The van der Waals surface area contributed by atoms with Crippen LogP contribution in [-0.2, 0) is 0 Å². The first-order chi connectivity index (χ1) is 21.8. The first-order valence-corrected chi connectivity index (χ1v) is 15.2. The zero-order valence-electron chi connectivity index (χ0n) is 24.0. The van der Waals surface area contributed by atoms with E-state index >= 15 is 0 Å². The molecule has 0 amide bonds. The number of benzene rings is 6. The van der Waals surface area contributed by atoms with Crippen LogP contribution in [0.1, 0.15) is 22.7 Å². The minimum Gasteiger partial charge on any atom is -0.374 e. The largest absolute Gasteiger partial charge is 0.374 e. The number of fused-ring (bicyclic) bond motifs is 7. The highest BCUT2D eigenvalue weighted by molar-refractivity contribution is 6.25. The Labute approximate surface area is 255 Å². The molecule has 0 saturated heterocycles. The fourth-order valence-corrected chi connectivity index (χ4v) is 6.92. The van der Waals surface area contributed by atoms with Gasteiger partial charge < -0.3 is 14.9 Å². The molecule has 3 heteroatoms. The second kappa shape index (κ2) is 9.89. The van der Waals surface area contributed by atoms with Gasteiger partial charge in [0.2, 0.25) is 0 Å². The molecule has 3 nitrogen and oxygen atoms in total. The minimum atomic E-state index is 0.0681. The Balaban J connectivity index is 1.24. The summed E-state index contributed by atoms with van der Waals surface area (Å²) in [5.41, 5.74) is 11.9. The van der Waals surface area contributed by atoms with Crippen molar-refractivity contribution in [2.45, 2.75) is 6.04 Å². The van der Waals surface area contributed by atoms with Crippen LogP contribution in [-0.4, -0.2) is 9.55 Å². The van der Waals surface area contributed by atoms with E-state index in [1.165, 1.54) is 65.9 Å². The van der Waals surface area contributed by atoms with Crippen LogP contribution in [0.25, 0.3) is 60.6 Å². The summed E-state index contributed by atoms with van der Waals surface area (Å²) in [6.45, 7) is 0. The van der Waals surface area contributed by atoms with Crippen LogP contribution in [0, 0.1) is 0 Å². The molecule has 3 heterocycles. The standard InChI is InChI=1S/C41H29N3/c1-3-12-27(13-4-1)36-25-30(26-37(42-36)28-14-5-2-6-15-28)29-16-11-17-31(24-29)44-38-21-10-8-19-34(38)40-39(44)23-22-33-32-18-7-9-20-35(32)43-41(33)40/h1-26,36,42-43H. The molecular formula is C41H29N3. The van der Waals surface area contributed by atoms with Crippen molar-refractivity contribution in [3.8, 4) is 5.69 Å². The highest BCUT2D eigenvalue weighted by Gasteiger charge is 2.20. The van der Waals surface area contributed by atoms with Crippen LogP contribution in [0.15, 0.2) is 158 Å². The van der Waals surface area contributed by atoms with E-state index < -0.39 is 0 Å². The molecule has 2 aromatic heterocycles. The van der Waals surface area contributed by atoms with Crippen LogP contribution in [0.2, 0.25) is 0 Å². The average molecular weight is 564 g/mol. The monoisotopic (exact) mass is 563 g/mol. The van der Waals surface area contributed by atoms with E-state index in [2.05, 4.69) is 173 Å². The van der Waals surface area contributed by atoms with E-state index in [0.717, 1.165) is 11.4 Å². The molecule has 1 aliphatic rings. The van der Waals surface area contributed by atoms with Crippen molar-refractivity contribution in [1.29, 1.82) is 0 Å². The Morgan fingerprint density at radius 1 is 0.545 bits per heavy atom. The summed E-state index contributed by atoms with van der Waals surface area (Å²) < 4.78 is 2.41. The molecule has 0 spiro atoms. The maximum atomic E-state index is 3.78. The molecule has 208 valence electrons. The van der Waals surface area contributed by atoms with Crippen molar-refractivity contribution in [3.63, 3.8) is 0 Å². The number of hydrogen-bond donors (Lipinski definition) is 2. The number of aromatic amines is 1. The quantitative estimate of drug-likeness (QED) is 0.219. The summed E-state index contributed by atoms with van der Waals surface area (Å²) in [6.07, 6.45) is 4.63. The zero-order chi connectivity index (χ0) is 29.0. The van der Waals surface area contributed by atoms with Crippen LogP contribution in [0.4, 0.5) is 0 Å².